The Balaban J connectivity index is 2.56. The van der Waals surface area contributed by atoms with Gasteiger partial charge >= 0.3 is 0 Å². The lowest BCUT2D eigenvalue weighted by Gasteiger charge is -2.34. The lowest BCUT2D eigenvalue weighted by Crippen LogP contribution is -2.24. The summed E-state index contributed by atoms with van der Waals surface area (Å²) >= 11 is 0. The largest absolute Gasteiger partial charge is 0.330 e. The molecule has 1 aliphatic carbocycles. The normalized spacial score (nSPS) is 23.2. The second kappa shape index (κ2) is 4.66. The van der Waals surface area contributed by atoms with Crippen molar-refractivity contribution in [2.75, 3.05) is 6.54 Å². The van der Waals surface area contributed by atoms with Crippen LogP contribution >= 0.6 is 0 Å². The van der Waals surface area contributed by atoms with Crippen molar-refractivity contribution in [2.45, 2.75) is 45.4 Å². The first-order valence-corrected chi connectivity index (χ1v) is 5.17. The monoisotopic (exact) mass is 167 g/mol. The fraction of sp³-hybridized carbons (Fsp3) is 0.818. The van der Waals surface area contributed by atoms with E-state index in [2.05, 4.69) is 19.1 Å². The quantitative estimate of drug-likeness (QED) is 0.643. The summed E-state index contributed by atoms with van der Waals surface area (Å²) in [5.74, 6) is 0. The van der Waals surface area contributed by atoms with E-state index in [1.165, 1.54) is 38.5 Å². The lowest BCUT2D eigenvalue weighted by molar-refractivity contribution is 0.243. The molecular formula is C11H21N. The van der Waals surface area contributed by atoms with Crippen LogP contribution in [-0.2, 0) is 0 Å². The third-order valence-electron chi connectivity index (χ3n) is 3.01. The smallest absolute Gasteiger partial charge is 0.00690 e. The van der Waals surface area contributed by atoms with E-state index in [1.807, 2.05) is 0 Å². The van der Waals surface area contributed by atoms with Gasteiger partial charge in [-0.3, -0.25) is 0 Å². The molecule has 0 aromatic heterocycles. The molecule has 1 saturated carbocycles. The molecular weight excluding hydrogens is 146 g/mol. The van der Waals surface area contributed by atoms with Crippen molar-refractivity contribution in [1.29, 1.82) is 0 Å². The summed E-state index contributed by atoms with van der Waals surface area (Å²) in [6.45, 7) is 2.96. The Labute approximate surface area is 76.0 Å². The molecule has 0 bridgehead atoms. The predicted molar refractivity (Wildman–Crippen MR) is 54.0 cm³/mol. The molecule has 70 valence electrons. The van der Waals surface area contributed by atoms with Crippen LogP contribution in [0.2, 0.25) is 0 Å². The van der Waals surface area contributed by atoms with Crippen LogP contribution in [0, 0.1) is 5.41 Å². The first kappa shape index (κ1) is 9.79. The van der Waals surface area contributed by atoms with Gasteiger partial charge in [0.25, 0.3) is 0 Å². The van der Waals surface area contributed by atoms with Crippen LogP contribution in [-0.4, -0.2) is 6.54 Å². The van der Waals surface area contributed by atoms with Gasteiger partial charge in [-0.1, -0.05) is 31.4 Å². The fourth-order valence-corrected chi connectivity index (χ4v) is 2.40. The molecule has 0 saturated heterocycles. The molecule has 12 heavy (non-hydrogen) atoms. The molecule has 0 aliphatic heterocycles. The van der Waals surface area contributed by atoms with Crippen molar-refractivity contribution < 1.29 is 0 Å². The van der Waals surface area contributed by atoms with Crippen LogP contribution in [0.4, 0.5) is 0 Å². The first-order chi connectivity index (χ1) is 5.83. The molecule has 0 radical (unpaired) electrons. The minimum Gasteiger partial charge on any atom is -0.330 e. The van der Waals surface area contributed by atoms with Gasteiger partial charge in [-0.2, -0.15) is 0 Å². The lowest BCUT2D eigenvalue weighted by atomic mass is 9.72. The molecule has 0 amide bonds. The van der Waals surface area contributed by atoms with Gasteiger partial charge in [-0.25, -0.2) is 0 Å². The van der Waals surface area contributed by atoms with Crippen LogP contribution in [0.5, 0.6) is 0 Å². The standard InChI is InChI=1S/C11H21N/c1-2-6-11(9-10-12)7-4-3-5-8-11/h2,6H,3-5,7-10,12H2,1H3/b6-2+. The zero-order valence-corrected chi connectivity index (χ0v) is 8.18. The number of rotatable bonds is 3. The summed E-state index contributed by atoms with van der Waals surface area (Å²) in [5, 5.41) is 0. The molecule has 1 nitrogen and oxygen atoms in total. The van der Waals surface area contributed by atoms with Crippen molar-refractivity contribution >= 4 is 0 Å². The number of allylic oxidation sites excluding steroid dienone is 2. The topological polar surface area (TPSA) is 26.0 Å². The fourth-order valence-electron chi connectivity index (χ4n) is 2.40. The van der Waals surface area contributed by atoms with Gasteiger partial charge < -0.3 is 5.73 Å². The Kier molecular flexibility index (Phi) is 3.80. The molecule has 1 fully saturated rings. The van der Waals surface area contributed by atoms with Gasteiger partial charge in [0.2, 0.25) is 0 Å². The first-order valence-electron chi connectivity index (χ1n) is 5.17. The summed E-state index contributed by atoms with van der Waals surface area (Å²) in [6, 6.07) is 0. The van der Waals surface area contributed by atoms with Crippen LogP contribution in [0.1, 0.15) is 45.4 Å². The predicted octanol–water partition coefficient (Wildman–Crippen LogP) is 2.86. The van der Waals surface area contributed by atoms with Crippen molar-refractivity contribution in [1.82, 2.24) is 0 Å². The molecule has 0 heterocycles. The third-order valence-corrected chi connectivity index (χ3v) is 3.01. The van der Waals surface area contributed by atoms with Crippen LogP contribution in [0.15, 0.2) is 12.2 Å². The highest BCUT2D eigenvalue weighted by molar-refractivity contribution is 5.00. The maximum absolute atomic E-state index is 5.64. The van der Waals surface area contributed by atoms with Crippen LogP contribution in [0.25, 0.3) is 0 Å². The van der Waals surface area contributed by atoms with Crippen molar-refractivity contribution in [3.63, 3.8) is 0 Å². The van der Waals surface area contributed by atoms with E-state index >= 15 is 0 Å². The Hall–Kier alpha value is -0.300. The minimum absolute atomic E-state index is 0.474. The van der Waals surface area contributed by atoms with Crippen molar-refractivity contribution in [3.8, 4) is 0 Å². The molecule has 0 aromatic carbocycles. The van der Waals surface area contributed by atoms with E-state index in [4.69, 9.17) is 5.73 Å². The van der Waals surface area contributed by atoms with E-state index in [0.717, 1.165) is 6.54 Å². The molecule has 1 aliphatic rings. The van der Waals surface area contributed by atoms with Crippen LogP contribution < -0.4 is 5.73 Å². The van der Waals surface area contributed by atoms with Gasteiger partial charge in [-0.05, 0) is 38.1 Å². The molecule has 0 spiro atoms. The molecule has 2 N–H and O–H groups in total. The zero-order chi connectivity index (χ0) is 8.86. The average molecular weight is 167 g/mol. The number of hydrogen-bond acceptors (Lipinski definition) is 1. The van der Waals surface area contributed by atoms with E-state index in [1.54, 1.807) is 0 Å². The summed E-state index contributed by atoms with van der Waals surface area (Å²) < 4.78 is 0. The Morgan fingerprint density at radius 2 is 1.92 bits per heavy atom. The average Bonchev–Trinajstić information content (AvgIpc) is 2.07. The van der Waals surface area contributed by atoms with E-state index < -0.39 is 0 Å². The molecule has 1 heteroatoms. The van der Waals surface area contributed by atoms with E-state index in [0.29, 0.717) is 5.41 Å². The number of hydrogen-bond donors (Lipinski definition) is 1. The summed E-state index contributed by atoms with van der Waals surface area (Å²) in [6.07, 6.45) is 12.7. The highest BCUT2D eigenvalue weighted by atomic mass is 14.5. The second-order valence-corrected chi connectivity index (χ2v) is 3.96. The van der Waals surface area contributed by atoms with Gasteiger partial charge in [0, 0.05) is 0 Å². The Morgan fingerprint density at radius 3 is 2.42 bits per heavy atom. The van der Waals surface area contributed by atoms with Crippen LogP contribution in [0.3, 0.4) is 0 Å². The zero-order valence-electron chi connectivity index (χ0n) is 8.18. The van der Waals surface area contributed by atoms with Gasteiger partial charge in [0.15, 0.2) is 0 Å². The minimum atomic E-state index is 0.474. The summed E-state index contributed by atoms with van der Waals surface area (Å²) in [4.78, 5) is 0. The Bertz CT molecular complexity index is 138. The molecule has 0 atom stereocenters. The molecule has 1 rings (SSSR count). The molecule has 0 unspecified atom stereocenters. The van der Waals surface area contributed by atoms with E-state index in [-0.39, 0.29) is 0 Å². The number of nitrogens with two attached hydrogens (primary N) is 1. The molecule has 0 aromatic rings. The Morgan fingerprint density at radius 1 is 1.25 bits per heavy atom. The van der Waals surface area contributed by atoms with E-state index in [9.17, 15) is 0 Å². The second-order valence-electron chi connectivity index (χ2n) is 3.96. The third kappa shape index (κ3) is 2.34. The van der Waals surface area contributed by atoms with Crippen molar-refractivity contribution in [3.05, 3.63) is 12.2 Å². The maximum Gasteiger partial charge on any atom is -0.00690 e. The summed E-state index contributed by atoms with van der Waals surface area (Å²) in [7, 11) is 0. The highest BCUT2D eigenvalue weighted by Gasteiger charge is 2.27. The highest BCUT2D eigenvalue weighted by Crippen LogP contribution is 2.40. The van der Waals surface area contributed by atoms with Gasteiger partial charge in [0.1, 0.15) is 0 Å². The maximum atomic E-state index is 5.64. The van der Waals surface area contributed by atoms with Gasteiger partial charge in [-0.15, -0.1) is 0 Å². The van der Waals surface area contributed by atoms with Crippen molar-refractivity contribution in [2.24, 2.45) is 11.1 Å². The van der Waals surface area contributed by atoms with Gasteiger partial charge in [0.05, 0.1) is 0 Å². The SMILES string of the molecule is C/C=C/C1(CCN)CCCCC1. The summed E-state index contributed by atoms with van der Waals surface area (Å²) in [5.41, 5.74) is 6.11.